The SMILES string of the molecule is CC(C)(C)C(NC(=O)C(F)(F)F)C(=O)N1CC(C2CCCC2)CC1C(=O)NC(C#N)CC1CC2(CC2)NC1=O. The van der Waals surface area contributed by atoms with Crippen molar-refractivity contribution in [2.75, 3.05) is 6.54 Å². The van der Waals surface area contributed by atoms with Crippen molar-refractivity contribution >= 4 is 23.6 Å². The Kier molecular flexibility index (Phi) is 7.94. The maximum atomic E-state index is 13.7. The molecule has 2 saturated heterocycles. The molecule has 4 fully saturated rings. The van der Waals surface area contributed by atoms with Gasteiger partial charge in [-0.1, -0.05) is 46.5 Å². The minimum Gasteiger partial charge on any atom is -0.350 e. The summed E-state index contributed by atoms with van der Waals surface area (Å²) in [5.74, 6) is -3.77. The molecule has 216 valence electrons. The molecule has 0 aromatic carbocycles. The number of nitriles is 1. The van der Waals surface area contributed by atoms with Crippen molar-refractivity contribution in [1.82, 2.24) is 20.9 Å². The number of amides is 4. The van der Waals surface area contributed by atoms with E-state index in [2.05, 4.69) is 16.7 Å². The maximum absolute atomic E-state index is 13.7. The molecule has 5 unspecified atom stereocenters. The van der Waals surface area contributed by atoms with E-state index in [1.165, 1.54) is 4.90 Å². The number of alkyl halides is 3. The molecule has 1 spiro atoms. The Hall–Kier alpha value is -2.84. The minimum absolute atomic E-state index is 0.0120. The molecule has 5 atom stereocenters. The van der Waals surface area contributed by atoms with Gasteiger partial charge in [0.05, 0.1) is 6.07 Å². The fourth-order valence-electron chi connectivity index (χ4n) is 6.50. The second kappa shape index (κ2) is 10.6. The molecule has 0 aromatic rings. The van der Waals surface area contributed by atoms with Crippen molar-refractivity contribution in [2.24, 2.45) is 23.2 Å². The summed E-state index contributed by atoms with van der Waals surface area (Å²) in [7, 11) is 0. The van der Waals surface area contributed by atoms with Crippen LogP contribution in [0.4, 0.5) is 13.2 Å². The van der Waals surface area contributed by atoms with E-state index in [0.29, 0.717) is 18.8 Å². The van der Waals surface area contributed by atoms with Crippen LogP contribution in [0, 0.1) is 34.5 Å². The van der Waals surface area contributed by atoms with E-state index in [1.807, 2.05) is 5.32 Å². The van der Waals surface area contributed by atoms with Gasteiger partial charge < -0.3 is 20.9 Å². The summed E-state index contributed by atoms with van der Waals surface area (Å²) >= 11 is 0. The van der Waals surface area contributed by atoms with E-state index in [-0.39, 0.29) is 30.3 Å². The summed E-state index contributed by atoms with van der Waals surface area (Å²) < 4.78 is 39.2. The Morgan fingerprint density at radius 2 is 1.77 bits per heavy atom. The van der Waals surface area contributed by atoms with Gasteiger partial charge in [0.15, 0.2) is 0 Å². The lowest BCUT2D eigenvalue weighted by Crippen LogP contribution is -2.59. The van der Waals surface area contributed by atoms with Crippen LogP contribution in [0.1, 0.15) is 78.6 Å². The lowest BCUT2D eigenvalue weighted by molar-refractivity contribution is -0.176. The van der Waals surface area contributed by atoms with Gasteiger partial charge in [0.25, 0.3) is 0 Å². The first kappa shape index (κ1) is 29.2. The van der Waals surface area contributed by atoms with Gasteiger partial charge in [-0.3, -0.25) is 19.2 Å². The second-order valence-corrected chi connectivity index (χ2v) is 12.9. The molecular weight excluding hydrogens is 515 g/mol. The summed E-state index contributed by atoms with van der Waals surface area (Å²) in [6.07, 6.45) is 1.72. The molecular formula is C27H38F3N5O4. The molecule has 2 aliphatic carbocycles. The highest BCUT2D eigenvalue weighted by Crippen LogP contribution is 2.46. The zero-order valence-corrected chi connectivity index (χ0v) is 22.7. The van der Waals surface area contributed by atoms with E-state index in [0.717, 1.165) is 38.5 Å². The third-order valence-corrected chi connectivity index (χ3v) is 8.87. The van der Waals surface area contributed by atoms with E-state index >= 15 is 0 Å². The van der Waals surface area contributed by atoms with Crippen LogP contribution in [-0.2, 0) is 19.2 Å². The number of halogens is 3. The van der Waals surface area contributed by atoms with E-state index in [9.17, 15) is 37.6 Å². The molecule has 3 N–H and O–H groups in total. The van der Waals surface area contributed by atoms with Gasteiger partial charge in [0.1, 0.15) is 18.1 Å². The molecule has 12 heteroatoms. The van der Waals surface area contributed by atoms with Gasteiger partial charge >= 0.3 is 12.1 Å². The predicted octanol–water partition coefficient (Wildman–Crippen LogP) is 2.55. The molecule has 0 aromatic heterocycles. The van der Waals surface area contributed by atoms with Crippen LogP contribution in [0.15, 0.2) is 0 Å². The van der Waals surface area contributed by atoms with Crippen molar-refractivity contribution in [3.05, 3.63) is 0 Å². The minimum atomic E-state index is -5.16. The largest absolute Gasteiger partial charge is 0.471 e. The van der Waals surface area contributed by atoms with Gasteiger partial charge in [-0.05, 0) is 49.4 Å². The highest BCUT2D eigenvalue weighted by molar-refractivity contribution is 5.94. The first-order valence-corrected chi connectivity index (χ1v) is 13.8. The Morgan fingerprint density at radius 1 is 1.13 bits per heavy atom. The second-order valence-electron chi connectivity index (χ2n) is 12.9. The van der Waals surface area contributed by atoms with Crippen LogP contribution < -0.4 is 16.0 Å². The van der Waals surface area contributed by atoms with Crippen LogP contribution in [0.25, 0.3) is 0 Å². The number of nitrogens with one attached hydrogen (secondary N) is 3. The van der Waals surface area contributed by atoms with Crippen LogP contribution >= 0.6 is 0 Å². The molecule has 2 saturated carbocycles. The van der Waals surface area contributed by atoms with Crippen molar-refractivity contribution in [3.63, 3.8) is 0 Å². The number of carbonyl (C=O) groups is 4. The van der Waals surface area contributed by atoms with Gasteiger partial charge in [0, 0.05) is 18.0 Å². The third-order valence-electron chi connectivity index (χ3n) is 8.87. The molecule has 0 bridgehead atoms. The Balaban J connectivity index is 1.51. The zero-order valence-electron chi connectivity index (χ0n) is 22.7. The molecule has 2 heterocycles. The number of rotatable bonds is 7. The number of likely N-dealkylation sites (tertiary alicyclic amines) is 1. The third kappa shape index (κ3) is 6.49. The smallest absolute Gasteiger partial charge is 0.350 e. The van der Waals surface area contributed by atoms with Crippen LogP contribution in [0.3, 0.4) is 0 Å². The molecule has 4 aliphatic rings. The highest BCUT2D eigenvalue weighted by Gasteiger charge is 2.53. The fourth-order valence-corrected chi connectivity index (χ4v) is 6.50. The molecule has 0 radical (unpaired) electrons. The van der Waals surface area contributed by atoms with E-state index in [1.54, 1.807) is 20.8 Å². The quantitative estimate of drug-likeness (QED) is 0.446. The van der Waals surface area contributed by atoms with E-state index < -0.39 is 53.4 Å². The lowest BCUT2D eigenvalue weighted by Gasteiger charge is -2.35. The molecule has 4 rings (SSSR count). The summed E-state index contributed by atoms with van der Waals surface area (Å²) in [5, 5.41) is 17.3. The number of hydrogen-bond donors (Lipinski definition) is 3. The zero-order chi connectivity index (χ0) is 28.8. The number of carbonyl (C=O) groups excluding carboxylic acids is 4. The molecule has 2 aliphatic heterocycles. The van der Waals surface area contributed by atoms with Crippen LogP contribution in [-0.4, -0.2) is 64.9 Å². The lowest BCUT2D eigenvalue weighted by atomic mass is 9.85. The topological polar surface area (TPSA) is 131 Å². The first-order valence-electron chi connectivity index (χ1n) is 13.8. The predicted molar refractivity (Wildman–Crippen MR) is 133 cm³/mol. The van der Waals surface area contributed by atoms with Crippen molar-refractivity contribution < 1.29 is 32.3 Å². The van der Waals surface area contributed by atoms with Crippen LogP contribution in [0.5, 0.6) is 0 Å². The summed E-state index contributed by atoms with van der Waals surface area (Å²) in [5.41, 5.74) is -1.23. The fraction of sp³-hybridized carbons (Fsp3) is 0.815. The van der Waals surface area contributed by atoms with Crippen molar-refractivity contribution in [2.45, 2.75) is 108 Å². The van der Waals surface area contributed by atoms with E-state index in [4.69, 9.17) is 0 Å². The average Bonchev–Trinajstić information content (AvgIpc) is 3.22. The van der Waals surface area contributed by atoms with Crippen LogP contribution in [0.2, 0.25) is 0 Å². The Morgan fingerprint density at radius 3 is 2.28 bits per heavy atom. The monoisotopic (exact) mass is 553 g/mol. The summed E-state index contributed by atoms with van der Waals surface area (Å²) in [6.45, 7) is 4.85. The molecule has 39 heavy (non-hydrogen) atoms. The summed E-state index contributed by atoms with van der Waals surface area (Å²) in [4.78, 5) is 52.7. The maximum Gasteiger partial charge on any atom is 0.471 e. The van der Waals surface area contributed by atoms with Gasteiger partial charge in [0.2, 0.25) is 17.7 Å². The average molecular weight is 554 g/mol. The molecule has 4 amide bonds. The number of hydrogen-bond acceptors (Lipinski definition) is 5. The Labute approximate surface area is 226 Å². The normalized spacial score (nSPS) is 28.1. The number of nitrogens with zero attached hydrogens (tertiary/aromatic N) is 2. The standard InChI is InChI=1S/C27H38F3N5O4/c1-25(2,3)20(33-24(39)27(28,29)30)23(38)35-14-17(15-6-4-5-7-15)11-19(35)22(37)32-18(13-31)10-16-12-26(8-9-26)34-21(16)36/h15-20H,4-12,14H2,1-3H3,(H,32,37)(H,33,39)(H,34,36). The molecule has 9 nitrogen and oxygen atoms in total. The summed E-state index contributed by atoms with van der Waals surface area (Å²) in [6, 6.07) is -1.39. The Bertz CT molecular complexity index is 1040. The van der Waals surface area contributed by atoms with Gasteiger partial charge in [-0.2, -0.15) is 18.4 Å². The van der Waals surface area contributed by atoms with Crippen molar-refractivity contribution in [1.29, 1.82) is 5.26 Å². The van der Waals surface area contributed by atoms with Gasteiger partial charge in [-0.15, -0.1) is 0 Å². The van der Waals surface area contributed by atoms with Crippen molar-refractivity contribution in [3.8, 4) is 6.07 Å². The highest BCUT2D eigenvalue weighted by atomic mass is 19.4. The first-order chi connectivity index (χ1) is 18.1. The van der Waals surface area contributed by atoms with Gasteiger partial charge in [-0.25, -0.2) is 0 Å².